The monoisotopic (exact) mass is 446 g/mol. The first-order valence-corrected chi connectivity index (χ1v) is 11.1. The van der Waals surface area contributed by atoms with E-state index in [0.717, 1.165) is 28.0 Å². The molecule has 3 aromatic rings. The van der Waals surface area contributed by atoms with Crippen LogP contribution >= 0.6 is 0 Å². The molecule has 0 spiro atoms. The molecule has 3 rings (SSSR count). The molecule has 0 heterocycles. The van der Waals surface area contributed by atoms with Gasteiger partial charge in [0.1, 0.15) is 17.2 Å². The number of carbonyl (C=O) groups is 1. The third-order valence-corrected chi connectivity index (χ3v) is 5.63. The van der Waals surface area contributed by atoms with E-state index < -0.39 is 5.97 Å². The van der Waals surface area contributed by atoms with Crippen molar-refractivity contribution in [1.82, 2.24) is 0 Å². The molecule has 0 aliphatic carbocycles. The lowest BCUT2D eigenvalue weighted by atomic mass is 9.79. The summed E-state index contributed by atoms with van der Waals surface area (Å²) in [7, 11) is 3.26. The minimum atomic E-state index is -0.422. The van der Waals surface area contributed by atoms with Crippen LogP contribution in [0.25, 0.3) is 11.1 Å². The van der Waals surface area contributed by atoms with Crippen LogP contribution in [0.1, 0.15) is 63.0 Å². The Morgan fingerprint density at radius 3 is 1.79 bits per heavy atom. The van der Waals surface area contributed by atoms with Gasteiger partial charge in [-0.1, -0.05) is 71.9 Å². The van der Waals surface area contributed by atoms with E-state index in [1.807, 2.05) is 48.5 Å². The number of hydrogen-bond donors (Lipinski definition) is 0. The summed E-state index contributed by atoms with van der Waals surface area (Å²) in [5, 5.41) is 0. The van der Waals surface area contributed by atoms with Gasteiger partial charge in [0.05, 0.1) is 19.8 Å². The average Bonchev–Trinajstić information content (AvgIpc) is 2.77. The van der Waals surface area contributed by atoms with E-state index in [2.05, 4.69) is 41.5 Å². The standard InChI is InChI=1S/C29H34O4/c1-28(2,3)23-17-21(31-7)18-24(29(4,5)6)26(23)33-27(30)20-14-15-22(25(16-20)32-8)19-12-10-9-11-13-19/h9-18H,1-8H3. The van der Waals surface area contributed by atoms with Crippen LogP contribution < -0.4 is 14.2 Å². The van der Waals surface area contributed by atoms with Gasteiger partial charge >= 0.3 is 5.97 Å². The molecule has 0 aliphatic heterocycles. The van der Waals surface area contributed by atoms with E-state index in [9.17, 15) is 4.79 Å². The highest BCUT2D eigenvalue weighted by atomic mass is 16.5. The predicted molar refractivity (Wildman–Crippen MR) is 134 cm³/mol. The Bertz CT molecular complexity index is 1100. The van der Waals surface area contributed by atoms with Crippen LogP contribution in [0.15, 0.2) is 60.7 Å². The number of rotatable bonds is 5. The zero-order valence-electron chi connectivity index (χ0n) is 20.9. The molecule has 4 nitrogen and oxygen atoms in total. The summed E-state index contributed by atoms with van der Waals surface area (Å²) in [6.45, 7) is 12.6. The molecular formula is C29H34O4. The Balaban J connectivity index is 2.07. The minimum absolute atomic E-state index is 0.251. The van der Waals surface area contributed by atoms with E-state index in [4.69, 9.17) is 14.2 Å². The molecule has 0 aliphatic rings. The van der Waals surface area contributed by atoms with Gasteiger partial charge in [-0.25, -0.2) is 4.79 Å². The summed E-state index contributed by atoms with van der Waals surface area (Å²) in [4.78, 5) is 13.3. The maximum atomic E-state index is 13.3. The average molecular weight is 447 g/mol. The molecule has 0 N–H and O–H groups in total. The fraction of sp³-hybridized carbons (Fsp3) is 0.345. The smallest absolute Gasteiger partial charge is 0.343 e. The second kappa shape index (κ2) is 9.30. The molecule has 0 atom stereocenters. The topological polar surface area (TPSA) is 44.8 Å². The molecule has 0 saturated carbocycles. The summed E-state index contributed by atoms with van der Waals surface area (Å²) in [6, 6.07) is 19.3. The van der Waals surface area contributed by atoms with Crippen molar-refractivity contribution in [2.45, 2.75) is 52.4 Å². The molecule has 174 valence electrons. The van der Waals surface area contributed by atoms with Gasteiger partial charge in [0.2, 0.25) is 0 Å². The van der Waals surface area contributed by atoms with Crippen LogP contribution in [0.3, 0.4) is 0 Å². The molecule has 0 radical (unpaired) electrons. The van der Waals surface area contributed by atoms with Crippen molar-refractivity contribution in [3.8, 4) is 28.4 Å². The number of benzene rings is 3. The van der Waals surface area contributed by atoms with Crippen molar-refractivity contribution in [3.63, 3.8) is 0 Å². The lowest BCUT2D eigenvalue weighted by Crippen LogP contribution is -2.22. The Morgan fingerprint density at radius 1 is 0.727 bits per heavy atom. The summed E-state index contributed by atoms with van der Waals surface area (Å²) >= 11 is 0. The van der Waals surface area contributed by atoms with Crippen molar-refractivity contribution in [1.29, 1.82) is 0 Å². The van der Waals surface area contributed by atoms with Crippen LogP contribution in [-0.2, 0) is 10.8 Å². The first kappa shape index (κ1) is 24.4. The molecule has 0 bridgehead atoms. The van der Waals surface area contributed by atoms with E-state index in [-0.39, 0.29) is 10.8 Å². The zero-order chi connectivity index (χ0) is 24.4. The van der Waals surface area contributed by atoms with Gasteiger partial charge in [0, 0.05) is 16.7 Å². The highest BCUT2D eigenvalue weighted by Crippen LogP contribution is 2.43. The summed E-state index contributed by atoms with van der Waals surface area (Å²) in [6.07, 6.45) is 0. The molecule has 0 saturated heterocycles. The number of methoxy groups -OCH3 is 2. The van der Waals surface area contributed by atoms with Crippen LogP contribution in [0, 0.1) is 0 Å². The second-order valence-electron chi connectivity index (χ2n) is 10.2. The van der Waals surface area contributed by atoms with Crippen molar-refractivity contribution >= 4 is 5.97 Å². The SMILES string of the molecule is COc1cc(C(C)(C)C)c(OC(=O)c2ccc(-c3ccccc3)c(OC)c2)c(C(C)(C)C)c1. The molecule has 0 unspecified atom stereocenters. The molecule has 33 heavy (non-hydrogen) atoms. The highest BCUT2D eigenvalue weighted by molar-refractivity contribution is 5.93. The number of hydrogen-bond acceptors (Lipinski definition) is 4. The highest BCUT2D eigenvalue weighted by Gasteiger charge is 2.30. The van der Waals surface area contributed by atoms with Crippen LogP contribution in [-0.4, -0.2) is 20.2 Å². The third-order valence-electron chi connectivity index (χ3n) is 5.63. The molecule has 0 fully saturated rings. The molecule has 0 aromatic heterocycles. The summed E-state index contributed by atoms with van der Waals surface area (Å²) in [5.74, 6) is 1.54. The lowest BCUT2D eigenvalue weighted by Gasteiger charge is -2.29. The van der Waals surface area contributed by atoms with Crippen LogP contribution in [0.4, 0.5) is 0 Å². The molecule has 0 amide bonds. The predicted octanol–water partition coefficient (Wildman–Crippen LogP) is 7.19. The van der Waals surface area contributed by atoms with E-state index >= 15 is 0 Å². The second-order valence-corrected chi connectivity index (χ2v) is 10.2. The van der Waals surface area contributed by atoms with Crippen molar-refractivity contribution in [2.24, 2.45) is 0 Å². The lowest BCUT2D eigenvalue weighted by molar-refractivity contribution is 0.0728. The van der Waals surface area contributed by atoms with E-state index in [1.165, 1.54) is 0 Å². The normalized spacial score (nSPS) is 11.8. The van der Waals surface area contributed by atoms with Gasteiger partial charge in [0.15, 0.2) is 0 Å². The van der Waals surface area contributed by atoms with E-state index in [0.29, 0.717) is 17.1 Å². The number of ether oxygens (including phenoxy) is 3. The van der Waals surface area contributed by atoms with Gasteiger partial charge in [-0.15, -0.1) is 0 Å². The fourth-order valence-electron chi connectivity index (χ4n) is 3.77. The Morgan fingerprint density at radius 2 is 1.30 bits per heavy atom. The van der Waals surface area contributed by atoms with E-state index in [1.54, 1.807) is 26.4 Å². The Kier molecular flexibility index (Phi) is 6.87. The Hall–Kier alpha value is -3.27. The van der Waals surface area contributed by atoms with Crippen LogP contribution in [0.5, 0.6) is 17.2 Å². The number of carbonyl (C=O) groups excluding carboxylic acids is 1. The Labute approximate surface area is 197 Å². The molecule has 3 aromatic carbocycles. The molecular weight excluding hydrogens is 412 g/mol. The van der Waals surface area contributed by atoms with Crippen molar-refractivity contribution in [3.05, 3.63) is 77.4 Å². The summed E-state index contributed by atoms with van der Waals surface area (Å²) in [5.41, 5.74) is 3.72. The fourth-order valence-corrected chi connectivity index (χ4v) is 3.77. The minimum Gasteiger partial charge on any atom is -0.497 e. The third kappa shape index (κ3) is 5.39. The maximum Gasteiger partial charge on any atom is 0.343 e. The quantitative estimate of drug-likeness (QED) is 0.307. The number of esters is 1. The van der Waals surface area contributed by atoms with Gasteiger partial charge in [0.25, 0.3) is 0 Å². The zero-order valence-corrected chi connectivity index (χ0v) is 20.9. The molecule has 4 heteroatoms. The van der Waals surface area contributed by atoms with Crippen molar-refractivity contribution in [2.75, 3.05) is 14.2 Å². The van der Waals surface area contributed by atoms with Gasteiger partial charge in [-0.2, -0.15) is 0 Å². The first-order valence-electron chi connectivity index (χ1n) is 11.1. The van der Waals surface area contributed by atoms with Crippen molar-refractivity contribution < 1.29 is 19.0 Å². The first-order chi connectivity index (χ1) is 15.5. The largest absolute Gasteiger partial charge is 0.497 e. The van der Waals surface area contributed by atoms with Crippen LogP contribution in [0.2, 0.25) is 0 Å². The maximum absolute atomic E-state index is 13.3. The van der Waals surface area contributed by atoms with Gasteiger partial charge in [-0.3, -0.25) is 0 Å². The van der Waals surface area contributed by atoms with Gasteiger partial charge in [-0.05, 0) is 46.7 Å². The van der Waals surface area contributed by atoms with Gasteiger partial charge < -0.3 is 14.2 Å². The summed E-state index contributed by atoms with van der Waals surface area (Å²) < 4.78 is 17.3.